The lowest BCUT2D eigenvalue weighted by Gasteiger charge is -2.19. The van der Waals surface area contributed by atoms with E-state index in [1.54, 1.807) is 13.2 Å². The van der Waals surface area contributed by atoms with Crippen LogP contribution in [0.5, 0.6) is 0 Å². The Morgan fingerprint density at radius 1 is 1.00 bits per heavy atom. The zero-order valence-corrected chi connectivity index (χ0v) is 11.5. The summed E-state index contributed by atoms with van der Waals surface area (Å²) in [6.45, 7) is 0. The molecule has 0 radical (unpaired) electrons. The van der Waals surface area contributed by atoms with Crippen LogP contribution in [0.3, 0.4) is 0 Å². The van der Waals surface area contributed by atoms with E-state index in [2.05, 4.69) is 10.3 Å². The third kappa shape index (κ3) is 2.62. The first-order valence-electron chi connectivity index (χ1n) is 6.66. The number of benzene rings is 2. The van der Waals surface area contributed by atoms with Crippen molar-refractivity contribution in [2.24, 2.45) is 0 Å². The Bertz CT molecular complexity index is 761. The van der Waals surface area contributed by atoms with Crippen molar-refractivity contribution in [3.63, 3.8) is 0 Å². The van der Waals surface area contributed by atoms with Gasteiger partial charge in [0.2, 0.25) is 0 Å². The summed E-state index contributed by atoms with van der Waals surface area (Å²) in [5.41, 5.74) is 2.34. The fourth-order valence-corrected chi connectivity index (χ4v) is 2.61. The van der Waals surface area contributed by atoms with Crippen molar-refractivity contribution in [1.82, 2.24) is 10.3 Å². The lowest BCUT2D eigenvalue weighted by Crippen LogP contribution is -2.18. The third-order valence-corrected chi connectivity index (χ3v) is 3.50. The highest BCUT2D eigenvalue weighted by molar-refractivity contribution is 5.82. The van der Waals surface area contributed by atoms with Gasteiger partial charge in [-0.1, -0.05) is 18.2 Å². The van der Waals surface area contributed by atoms with E-state index in [-0.39, 0.29) is 6.04 Å². The van der Waals surface area contributed by atoms with E-state index in [4.69, 9.17) is 0 Å². The number of rotatable bonds is 3. The molecular weight excluding hydrogens is 270 g/mol. The van der Waals surface area contributed by atoms with Gasteiger partial charge in [0.05, 0.1) is 11.6 Å². The van der Waals surface area contributed by atoms with Crippen LogP contribution in [0.1, 0.15) is 17.2 Å². The topological polar surface area (TPSA) is 24.9 Å². The molecule has 0 saturated heterocycles. The van der Waals surface area contributed by atoms with Gasteiger partial charge in [0, 0.05) is 17.6 Å². The molecule has 0 fully saturated rings. The fraction of sp³-hybridized carbons (Fsp3) is 0.118. The number of halogens is 2. The summed E-state index contributed by atoms with van der Waals surface area (Å²) in [6.07, 6.45) is 1.71. The van der Waals surface area contributed by atoms with Crippen molar-refractivity contribution >= 4 is 10.9 Å². The van der Waals surface area contributed by atoms with Gasteiger partial charge in [0.15, 0.2) is 0 Å². The Hall–Kier alpha value is -2.33. The van der Waals surface area contributed by atoms with Gasteiger partial charge in [0.25, 0.3) is 0 Å². The third-order valence-electron chi connectivity index (χ3n) is 3.50. The van der Waals surface area contributed by atoms with Gasteiger partial charge in [-0.3, -0.25) is 4.98 Å². The maximum absolute atomic E-state index is 13.5. The lowest BCUT2D eigenvalue weighted by molar-refractivity contribution is 0.572. The van der Waals surface area contributed by atoms with Crippen LogP contribution < -0.4 is 5.32 Å². The van der Waals surface area contributed by atoms with Crippen molar-refractivity contribution in [2.75, 3.05) is 7.05 Å². The molecule has 1 atom stereocenters. The van der Waals surface area contributed by atoms with Crippen molar-refractivity contribution in [3.05, 3.63) is 77.5 Å². The smallest absolute Gasteiger partial charge is 0.126 e. The second-order valence-corrected chi connectivity index (χ2v) is 4.84. The molecule has 0 spiro atoms. The van der Waals surface area contributed by atoms with Gasteiger partial charge in [-0.05, 0) is 42.4 Å². The number of nitrogens with zero attached hydrogens (tertiary/aromatic N) is 1. The van der Waals surface area contributed by atoms with Gasteiger partial charge in [0.1, 0.15) is 11.6 Å². The molecule has 21 heavy (non-hydrogen) atoms. The first kappa shape index (κ1) is 13.6. The highest BCUT2D eigenvalue weighted by Crippen LogP contribution is 2.28. The zero-order chi connectivity index (χ0) is 14.8. The van der Waals surface area contributed by atoms with E-state index in [1.165, 1.54) is 12.1 Å². The molecule has 2 nitrogen and oxygen atoms in total. The fourth-order valence-electron chi connectivity index (χ4n) is 2.61. The highest BCUT2D eigenvalue weighted by Gasteiger charge is 2.16. The number of hydrogen-bond donors (Lipinski definition) is 1. The van der Waals surface area contributed by atoms with Crippen LogP contribution >= 0.6 is 0 Å². The van der Waals surface area contributed by atoms with Crippen molar-refractivity contribution < 1.29 is 8.78 Å². The van der Waals surface area contributed by atoms with Crippen molar-refractivity contribution in [2.45, 2.75) is 6.04 Å². The molecule has 106 valence electrons. The quantitative estimate of drug-likeness (QED) is 0.791. The van der Waals surface area contributed by atoms with Crippen molar-refractivity contribution in [1.29, 1.82) is 0 Å². The second kappa shape index (κ2) is 5.58. The molecular formula is C17H14F2N2. The van der Waals surface area contributed by atoms with Crippen LogP contribution in [0, 0.1) is 11.6 Å². The van der Waals surface area contributed by atoms with Gasteiger partial charge in [-0.2, -0.15) is 0 Å². The molecule has 0 aliphatic carbocycles. The molecule has 3 rings (SSSR count). The highest BCUT2D eigenvalue weighted by atomic mass is 19.1. The van der Waals surface area contributed by atoms with E-state index < -0.39 is 11.6 Å². The maximum atomic E-state index is 13.5. The molecule has 1 aromatic heterocycles. The molecule has 0 bridgehead atoms. The minimum Gasteiger partial charge on any atom is -0.309 e. The Labute approximate surface area is 121 Å². The zero-order valence-electron chi connectivity index (χ0n) is 11.5. The summed E-state index contributed by atoms with van der Waals surface area (Å²) in [7, 11) is 1.77. The average molecular weight is 284 g/mol. The summed E-state index contributed by atoms with van der Waals surface area (Å²) in [5.74, 6) is -1.16. The van der Waals surface area contributed by atoms with E-state index in [1.807, 2.05) is 30.3 Å². The number of aromatic nitrogens is 1. The number of hydrogen-bond acceptors (Lipinski definition) is 2. The predicted molar refractivity (Wildman–Crippen MR) is 79.0 cm³/mol. The number of para-hydroxylation sites is 1. The van der Waals surface area contributed by atoms with Crippen molar-refractivity contribution in [3.8, 4) is 0 Å². The lowest BCUT2D eigenvalue weighted by atomic mass is 9.95. The Kier molecular flexibility index (Phi) is 3.62. The van der Waals surface area contributed by atoms with E-state index >= 15 is 0 Å². The van der Waals surface area contributed by atoms with Crippen LogP contribution in [0.2, 0.25) is 0 Å². The number of nitrogens with one attached hydrogen (secondary N) is 1. The van der Waals surface area contributed by atoms with E-state index in [0.717, 1.165) is 22.5 Å². The van der Waals surface area contributed by atoms with Crippen LogP contribution in [0.15, 0.2) is 54.7 Å². The summed E-state index contributed by atoms with van der Waals surface area (Å²) in [6, 6.07) is 12.8. The first-order valence-corrected chi connectivity index (χ1v) is 6.66. The molecule has 0 aliphatic heterocycles. The molecule has 0 saturated carbocycles. The van der Waals surface area contributed by atoms with Gasteiger partial charge in [-0.15, -0.1) is 0 Å². The maximum Gasteiger partial charge on any atom is 0.126 e. The summed E-state index contributed by atoms with van der Waals surface area (Å²) in [5, 5.41) is 4.08. The monoisotopic (exact) mass is 284 g/mol. The summed E-state index contributed by atoms with van der Waals surface area (Å²) in [4.78, 5) is 4.31. The Morgan fingerprint density at radius 2 is 1.71 bits per heavy atom. The minimum absolute atomic E-state index is 0.303. The van der Waals surface area contributed by atoms with Crippen LogP contribution in [-0.4, -0.2) is 12.0 Å². The summed E-state index contributed by atoms with van der Waals surface area (Å²) >= 11 is 0. The number of pyridine rings is 1. The SMILES string of the molecule is CNC(c1cc(F)cc(F)c1)c1ccnc2ccccc12. The average Bonchev–Trinajstić information content (AvgIpc) is 2.47. The van der Waals surface area contributed by atoms with Crippen LogP contribution in [-0.2, 0) is 0 Å². The standard InChI is InChI=1S/C17H14F2N2/c1-20-17(11-8-12(18)10-13(19)9-11)15-6-7-21-16-5-3-2-4-14(15)16/h2-10,17,20H,1H3. The largest absolute Gasteiger partial charge is 0.309 e. The molecule has 2 aromatic carbocycles. The normalized spacial score (nSPS) is 12.5. The Balaban J connectivity index is 2.18. The predicted octanol–water partition coefficient (Wildman–Crippen LogP) is 3.82. The van der Waals surface area contributed by atoms with Gasteiger partial charge < -0.3 is 5.32 Å². The molecule has 1 heterocycles. The van der Waals surface area contributed by atoms with E-state index in [0.29, 0.717) is 5.56 Å². The molecule has 0 aliphatic rings. The molecule has 1 unspecified atom stereocenters. The van der Waals surface area contributed by atoms with Crippen LogP contribution in [0.4, 0.5) is 8.78 Å². The summed E-state index contributed by atoms with van der Waals surface area (Å²) < 4.78 is 26.9. The second-order valence-electron chi connectivity index (χ2n) is 4.84. The molecule has 1 N–H and O–H groups in total. The van der Waals surface area contributed by atoms with Crippen LogP contribution in [0.25, 0.3) is 10.9 Å². The minimum atomic E-state index is -0.580. The first-order chi connectivity index (χ1) is 10.2. The molecule has 0 amide bonds. The molecule has 4 heteroatoms. The van der Waals surface area contributed by atoms with E-state index in [9.17, 15) is 8.78 Å². The van der Waals surface area contributed by atoms with Gasteiger partial charge in [-0.25, -0.2) is 8.78 Å². The number of fused-ring (bicyclic) bond motifs is 1. The van der Waals surface area contributed by atoms with Gasteiger partial charge >= 0.3 is 0 Å². The Morgan fingerprint density at radius 3 is 2.43 bits per heavy atom. The molecule has 3 aromatic rings.